The molecule has 0 radical (unpaired) electrons. The van der Waals surface area contributed by atoms with Crippen LogP contribution in [0.5, 0.6) is 5.75 Å². The van der Waals surface area contributed by atoms with E-state index in [1.165, 1.54) is 0 Å². The Labute approximate surface area is 322 Å². The zero-order valence-corrected chi connectivity index (χ0v) is 33.0. The first-order valence-electron chi connectivity index (χ1n) is 20.3. The van der Waals surface area contributed by atoms with Crippen LogP contribution in [-0.2, 0) is 22.5 Å². The highest BCUT2D eigenvalue weighted by Gasteiger charge is 2.69. The van der Waals surface area contributed by atoms with E-state index in [2.05, 4.69) is 40.9 Å². The fourth-order valence-electron chi connectivity index (χ4n) is 10.5. The molecule has 14 heteroatoms. The number of hydrogen-bond donors (Lipinski definition) is 1. The van der Waals surface area contributed by atoms with Crippen molar-refractivity contribution in [1.82, 2.24) is 34.7 Å². The standard InChI is InChI=1S/C41H55N9O5/c1-6-29-35(47-18-19-48(31-11-10-30(31)47)39(53)28-8-7-9-32(37(28)54-5)46-16-14-45(4)15-17-46)36(52)34-38(44-50(43-34)27-12-20-55-21-13-27)49(29)22-33(51)42-41-23-40(24-41,25-41)26(2)3/h7-9,12,26,30-31H,6,10-11,13-25H2,1-5H3,(H,42,51)/t30-,31-,40?,41?/m0/s1. The van der Waals surface area contributed by atoms with E-state index in [-0.39, 0.29) is 46.9 Å². The Bertz CT molecular complexity index is 2090. The molecule has 2 bridgehead atoms. The second-order valence-electron chi connectivity index (χ2n) is 17.2. The van der Waals surface area contributed by atoms with E-state index in [1.807, 2.05) is 40.7 Å². The second kappa shape index (κ2) is 13.6. The van der Waals surface area contributed by atoms with Crippen LogP contribution < -0.4 is 25.3 Å². The van der Waals surface area contributed by atoms with Crippen LogP contribution in [0.25, 0.3) is 16.9 Å². The van der Waals surface area contributed by atoms with Crippen LogP contribution in [0.3, 0.4) is 0 Å². The summed E-state index contributed by atoms with van der Waals surface area (Å²) >= 11 is 0. The number of nitrogens with zero attached hydrogens (tertiary/aromatic N) is 8. The van der Waals surface area contributed by atoms with Crippen LogP contribution in [0.15, 0.2) is 29.1 Å². The van der Waals surface area contributed by atoms with Gasteiger partial charge in [0.2, 0.25) is 11.3 Å². The molecule has 2 saturated heterocycles. The lowest BCUT2D eigenvalue weighted by Gasteiger charge is -2.72. The maximum atomic E-state index is 14.7. The van der Waals surface area contributed by atoms with Crippen LogP contribution in [-0.4, -0.2) is 125 Å². The first-order valence-corrected chi connectivity index (χ1v) is 20.3. The fraction of sp³-hybridized carbons (Fsp3) is 0.634. The number of piperazine rings is 2. The first-order chi connectivity index (χ1) is 26.5. The zero-order chi connectivity index (χ0) is 38.2. The van der Waals surface area contributed by atoms with Crippen molar-refractivity contribution in [1.29, 1.82) is 0 Å². The van der Waals surface area contributed by atoms with Gasteiger partial charge in [-0.15, -0.1) is 10.2 Å². The molecule has 10 rings (SSSR count). The van der Waals surface area contributed by atoms with Crippen LogP contribution in [0, 0.1) is 11.3 Å². The highest BCUT2D eigenvalue weighted by molar-refractivity contribution is 5.99. The number of rotatable bonds is 10. The highest BCUT2D eigenvalue weighted by atomic mass is 16.5. The Morgan fingerprint density at radius 2 is 1.80 bits per heavy atom. The number of likely N-dealkylation sites (N-methyl/N-ethyl adjacent to an activating group) is 1. The molecular formula is C41H55N9O5. The molecule has 7 aliphatic rings. The molecule has 1 aromatic carbocycles. The van der Waals surface area contributed by atoms with Gasteiger partial charge in [0.15, 0.2) is 16.9 Å². The van der Waals surface area contributed by atoms with E-state index in [0.717, 1.165) is 75.4 Å². The number of benzene rings is 1. The fourth-order valence-corrected chi connectivity index (χ4v) is 10.5. The molecule has 5 heterocycles. The van der Waals surface area contributed by atoms with Crippen molar-refractivity contribution in [3.05, 3.63) is 45.8 Å². The average molecular weight is 754 g/mol. The molecule has 3 aromatic rings. The van der Waals surface area contributed by atoms with E-state index < -0.39 is 0 Å². The van der Waals surface area contributed by atoms with Crippen molar-refractivity contribution < 1.29 is 19.1 Å². The lowest BCUT2D eigenvalue weighted by molar-refractivity contribution is -0.187. The number of carbonyl (C=O) groups is 2. The summed E-state index contributed by atoms with van der Waals surface area (Å²) < 4.78 is 13.4. The van der Waals surface area contributed by atoms with Gasteiger partial charge in [0.25, 0.3) is 5.91 Å². The SMILES string of the molecule is CCc1c(N2CCN(C(=O)c3cccc(N4CCN(C)CC4)c3OC)[C@H]3CC[C@@H]32)c(=O)c2nn(C3=CCOCC3)nc2n1CC(=O)NC12CC(C(C)C)(C1)C2. The second-order valence-corrected chi connectivity index (χ2v) is 17.2. The Morgan fingerprint density at radius 3 is 2.45 bits per heavy atom. The number of para-hydroxylation sites is 1. The van der Waals surface area contributed by atoms with E-state index in [0.29, 0.717) is 73.1 Å². The number of ether oxygens (including phenoxy) is 2. The number of methoxy groups -OCH3 is 1. The van der Waals surface area contributed by atoms with Gasteiger partial charge in [-0.25, -0.2) is 0 Å². The molecule has 4 saturated carbocycles. The average Bonchev–Trinajstić information content (AvgIpc) is 3.60. The molecule has 294 valence electrons. The van der Waals surface area contributed by atoms with Crippen LogP contribution in [0.4, 0.5) is 11.4 Å². The molecule has 1 N–H and O–H groups in total. The summed E-state index contributed by atoms with van der Waals surface area (Å²) in [5.74, 6) is 1.13. The first kappa shape index (κ1) is 36.2. The van der Waals surface area contributed by atoms with E-state index in [9.17, 15) is 14.4 Å². The van der Waals surface area contributed by atoms with Crippen molar-refractivity contribution in [3.8, 4) is 5.75 Å². The van der Waals surface area contributed by atoms with Crippen molar-refractivity contribution in [2.24, 2.45) is 11.3 Å². The van der Waals surface area contributed by atoms with Crippen molar-refractivity contribution in [2.75, 3.05) is 76.4 Å². The maximum absolute atomic E-state index is 14.7. The van der Waals surface area contributed by atoms with Crippen molar-refractivity contribution in [2.45, 2.75) is 89.9 Å². The number of aromatic nitrogens is 4. The molecule has 2 amide bonds. The van der Waals surface area contributed by atoms with Gasteiger partial charge in [-0.1, -0.05) is 26.8 Å². The molecule has 2 aromatic heterocycles. The van der Waals surface area contributed by atoms with Gasteiger partial charge in [0.05, 0.1) is 43.3 Å². The number of pyridine rings is 1. The van der Waals surface area contributed by atoms with Crippen LogP contribution in [0.1, 0.15) is 75.3 Å². The Hall–Kier alpha value is -4.43. The van der Waals surface area contributed by atoms with Gasteiger partial charge in [-0.2, -0.15) is 4.80 Å². The summed E-state index contributed by atoms with van der Waals surface area (Å²) in [6.07, 6.45) is 7.90. The number of carbonyl (C=O) groups excluding carboxylic acids is 2. The summed E-state index contributed by atoms with van der Waals surface area (Å²) in [7, 11) is 3.78. The third kappa shape index (κ3) is 5.84. The monoisotopic (exact) mass is 753 g/mol. The highest BCUT2D eigenvalue weighted by Crippen LogP contribution is 2.70. The number of fused-ring (bicyclic) bond motifs is 2. The summed E-state index contributed by atoms with van der Waals surface area (Å²) in [6.45, 7) is 12.3. The molecule has 55 heavy (non-hydrogen) atoms. The van der Waals surface area contributed by atoms with Gasteiger partial charge >= 0.3 is 0 Å². The summed E-state index contributed by atoms with van der Waals surface area (Å²) in [5.41, 5.74) is 4.52. The topological polar surface area (TPSA) is 130 Å². The Balaban J connectivity index is 1.03. The summed E-state index contributed by atoms with van der Waals surface area (Å²) in [4.78, 5) is 53.5. The largest absolute Gasteiger partial charge is 0.494 e. The molecule has 0 spiro atoms. The number of anilines is 2. The molecule has 6 fully saturated rings. The van der Waals surface area contributed by atoms with E-state index in [4.69, 9.17) is 19.7 Å². The smallest absolute Gasteiger partial charge is 0.258 e. The molecule has 4 aliphatic carbocycles. The molecular weight excluding hydrogens is 699 g/mol. The van der Waals surface area contributed by atoms with Gasteiger partial charge in [-0.05, 0) is 75.1 Å². The quantitative estimate of drug-likeness (QED) is 0.329. The van der Waals surface area contributed by atoms with Gasteiger partial charge < -0.3 is 39.0 Å². The minimum absolute atomic E-state index is 0.0384. The summed E-state index contributed by atoms with van der Waals surface area (Å²) in [6, 6.07) is 5.78. The molecule has 0 unspecified atom stereocenters. The lowest BCUT2D eigenvalue weighted by atomic mass is 9.36. The molecule has 3 aliphatic heterocycles. The summed E-state index contributed by atoms with van der Waals surface area (Å²) in [5, 5.41) is 13.1. The Morgan fingerprint density at radius 1 is 1.04 bits per heavy atom. The molecule has 14 nitrogen and oxygen atoms in total. The third-order valence-electron chi connectivity index (χ3n) is 13.8. The minimum Gasteiger partial charge on any atom is -0.494 e. The lowest BCUT2D eigenvalue weighted by Crippen LogP contribution is -2.76. The molecule has 2 atom stereocenters. The number of amides is 2. The minimum atomic E-state index is -0.173. The van der Waals surface area contributed by atoms with E-state index in [1.54, 1.807) is 11.9 Å². The maximum Gasteiger partial charge on any atom is 0.258 e. The predicted molar refractivity (Wildman–Crippen MR) is 211 cm³/mol. The normalized spacial score (nSPS) is 27.6. The number of nitrogens with one attached hydrogen (secondary N) is 1. The third-order valence-corrected chi connectivity index (χ3v) is 13.8. The van der Waals surface area contributed by atoms with Crippen molar-refractivity contribution >= 4 is 40.1 Å². The predicted octanol–water partition coefficient (Wildman–Crippen LogP) is 3.37. The van der Waals surface area contributed by atoms with Gasteiger partial charge in [0.1, 0.15) is 12.2 Å². The van der Waals surface area contributed by atoms with Gasteiger partial charge in [0, 0.05) is 63.0 Å². The van der Waals surface area contributed by atoms with Crippen LogP contribution >= 0.6 is 0 Å². The van der Waals surface area contributed by atoms with Crippen LogP contribution in [0.2, 0.25) is 0 Å². The Kier molecular flexibility index (Phi) is 8.99. The van der Waals surface area contributed by atoms with Crippen molar-refractivity contribution in [3.63, 3.8) is 0 Å². The number of hydrogen-bond acceptors (Lipinski definition) is 10. The zero-order valence-electron chi connectivity index (χ0n) is 33.0. The van der Waals surface area contributed by atoms with Gasteiger partial charge in [-0.3, -0.25) is 14.4 Å². The van der Waals surface area contributed by atoms with E-state index >= 15 is 0 Å².